The van der Waals surface area contributed by atoms with Crippen molar-refractivity contribution in [3.63, 3.8) is 0 Å². The molecular formula is C12H21IN4O. The van der Waals surface area contributed by atoms with Crippen molar-refractivity contribution in [1.82, 2.24) is 9.88 Å². The quantitative estimate of drug-likeness (QED) is 0.470. The maximum atomic E-state index is 11.9. The van der Waals surface area contributed by atoms with E-state index in [0.29, 0.717) is 24.6 Å². The molecule has 0 bridgehead atoms. The largest absolute Gasteiger partial charge is 0.370 e. The number of aryl methyl sites for hydroxylation is 1. The molecule has 3 N–H and O–H groups in total. The second kappa shape index (κ2) is 8.96. The first-order chi connectivity index (χ1) is 8.19. The van der Waals surface area contributed by atoms with E-state index in [0.717, 1.165) is 13.0 Å². The number of aromatic nitrogens is 1. The summed E-state index contributed by atoms with van der Waals surface area (Å²) in [4.78, 5) is 16.0. The number of nitrogens with two attached hydrogens (primary N) is 1. The second-order valence-electron chi connectivity index (χ2n) is 3.75. The molecule has 0 spiro atoms. The lowest BCUT2D eigenvalue weighted by molar-refractivity contribution is 0.714. The number of aliphatic imine (C=N–C) groups is 1. The average molecular weight is 364 g/mol. The Hall–Kier alpha value is -1.05. The molecule has 6 heteroatoms. The second-order valence-corrected chi connectivity index (χ2v) is 3.75. The normalized spacial score (nSPS) is 10.9. The molecule has 102 valence electrons. The Labute approximate surface area is 125 Å². The lowest BCUT2D eigenvalue weighted by Gasteiger charge is -2.05. The zero-order valence-corrected chi connectivity index (χ0v) is 13.2. The Morgan fingerprint density at radius 3 is 2.83 bits per heavy atom. The van der Waals surface area contributed by atoms with Crippen LogP contribution in [-0.4, -0.2) is 17.1 Å². The van der Waals surface area contributed by atoms with Crippen LogP contribution in [0, 0.1) is 0 Å². The van der Waals surface area contributed by atoms with E-state index < -0.39 is 0 Å². The molecular weight excluding hydrogens is 343 g/mol. The van der Waals surface area contributed by atoms with Crippen LogP contribution in [0.4, 0.5) is 0 Å². The molecule has 1 aromatic heterocycles. The summed E-state index contributed by atoms with van der Waals surface area (Å²) >= 11 is 0. The van der Waals surface area contributed by atoms with Gasteiger partial charge in [-0.15, -0.1) is 24.0 Å². The van der Waals surface area contributed by atoms with Crippen molar-refractivity contribution in [2.75, 3.05) is 6.54 Å². The van der Waals surface area contributed by atoms with E-state index in [1.54, 1.807) is 16.8 Å². The van der Waals surface area contributed by atoms with Gasteiger partial charge in [-0.3, -0.25) is 4.79 Å². The molecule has 1 heterocycles. The smallest absolute Gasteiger partial charge is 0.255 e. The van der Waals surface area contributed by atoms with Crippen molar-refractivity contribution in [2.24, 2.45) is 10.7 Å². The number of halogens is 1. The van der Waals surface area contributed by atoms with Crippen LogP contribution in [0.5, 0.6) is 0 Å². The number of nitrogens with zero attached hydrogens (tertiary/aromatic N) is 2. The molecule has 0 aliphatic carbocycles. The van der Waals surface area contributed by atoms with Crippen molar-refractivity contribution in [1.29, 1.82) is 0 Å². The molecule has 0 aliphatic heterocycles. The highest BCUT2D eigenvalue weighted by Gasteiger charge is 2.01. The van der Waals surface area contributed by atoms with E-state index >= 15 is 0 Å². The highest BCUT2D eigenvalue weighted by Crippen LogP contribution is 1.94. The Morgan fingerprint density at radius 1 is 1.50 bits per heavy atom. The zero-order valence-electron chi connectivity index (χ0n) is 10.8. The molecule has 0 atom stereocenters. The number of rotatable bonds is 5. The number of pyridine rings is 1. The van der Waals surface area contributed by atoms with E-state index in [-0.39, 0.29) is 29.5 Å². The third-order valence-corrected chi connectivity index (χ3v) is 2.42. The minimum atomic E-state index is 0. The standard InChI is InChI=1S/C12H20N4O.HI/c1-3-7-14-12(13)15-9-10-6-5-8-16(4-2)11(10)17;/h5-6,8H,3-4,7,9H2,1-2H3,(H3,13,14,15);1H. The molecule has 0 aromatic carbocycles. The molecule has 0 radical (unpaired) electrons. The van der Waals surface area contributed by atoms with Crippen LogP contribution < -0.4 is 16.6 Å². The van der Waals surface area contributed by atoms with Crippen LogP contribution in [0.25, 0.3) is 0 Å². The van der Waals surface area contributed by atoms with E-state index in [1.807, 2.05) is 13.0 Å². The lowest BCUT2D eigenvalue weighted by Crippen LogP contribution is -2.32. The predicted molar refractivity (Wildman–Crippen MR) is 85.4 cm³/mol. The molecule has 0 saturated heterocycles. The van der Waals surface area contributed by atoms with Crippen LogP contribution >= 0.6 is 24.0 Å². The van der Waals surface area contributed by atoms with Gasteiger partial charge >= 0.3 is 0 Å². The number of nitrogens with one attached hydrogen (secondary N) is 1. The minimum Gasteiger partial charge on any atom is -0.370 e. The maximum absolute atomic E-state index is 11.9. The Balaban J connectivity index is 0.00000289. The first-order valence-electron chi connectivity index (χ1n) is 5.91. The van der Waals surface area contributed by atoms with Crippen LogP contribution in [0.3, 0.4) is 0 Å². The van der Waals surface area contributed by atoms with Crippen molar-refractivity contribution < 1.29 is 0 Å². The van der Waals surface area contributed by atoms with Gasteiger partial charge in [-0.2, -0.15) is 0 Å². The summed E-state index contributed by atoms with van der Waals surface area (Å²) in [6.45, 7) is 5.77. The maximum Gasteiger partial charge on any atom is 0.255 e. The highest BCUT2D eigenvalue weighted by molar-refractivity contribution is 14.0. The topological polar surface area (TPSA) is 72.4 Å². The molecule has 0 fully saturated rings. The Bertz CT molecular complexity index is 442. The molecule has 1 rings (SSSR count). The molecule has 5 nitrogen and oxygen atoms in total. The van der Waals surface area contributed by atoms with Crippen molar-refractivity contribution in [3.05, 3.63) is 34.2 Å². The van der Waals surface area contributed by atoms with E-state index in [1.165, 1.54) is 0 Å². The number of hydrogen-bond donors (Lipinski definition) is 2. The fourth-order valence-electron chi connectivity index (χ4n) is 1.44. The summed E-state index contributed by atoms with van der Waals surface area (Å²) in [6.07, 6.45) is 2.76. The molecule has 0 amide bonds. The van der Waals surface area contributed by atoms with Gasteiger partial charge in [-0.05, 0) is 19.4 Å². The van der Waals surface area contributed by atoms with Gasteiger partial charge in [0.25, 0.3) is 5.56 Å². The molecule has 18 heavy (non-hydrogen) atoms. The van der Waals surface area contributed by atoms with Crippen LogP contribution in [-0.2, 0) is 13.1 Å². The van der Waals surface area contributed by atoms with E-state index in [2.05, 4.69) is 17.2 Å². The molecule has 0 saturated carbocycles. The van der Waals surface area contributed by atoms with Crippen LogP contribution in [0.2, 0.25) is 0 Å². The number of guanidine groups is 1. The summed E-state index contributed by atoms with van der Waals surface area (Å²) in [5, 5.41) is 2.97. The average Bonchev–Trinajstić information content (AvgIpc) is 2.35. The third kappa shape index (κ3) is 5.07. The van der Waals surface area contributed by atoms with Gasteiger partial charge in [0.1, 0.15) is 0 Å². The summed E-state index contributed by atoms with van der Waals surface area (Å²) < 4.78 is 1.65. The SMILES string of the molecule is CCCNC(N)=NCc1cccn(CC)c1=O.I. The summed E-state index contributed by atoms with van der Waals surface area (Å²) in [5.74, 6) is 0.387. The molecule has 1 aromatic rings. The molecule has 0 unspecified atom stereocenters. The van der Waals surface area contributed by atoms with Crippen LogP contribution in [0.15, 0.2) is 28.1 Å². The third-order valence-electron chi connectivity index (χ3n) is 2.42. The zero-order chi connectivity index (χ0) is 12.7. The summed E-state index contributed by atoms with van der Waals surface area (Å²) in [7, 11) is 0. The minimum absolute atomic E-state index is 0. The summed E-state index contributed by atoms with van der Waals surface area (Å²) in [6, 6.07) is 3.64. The van der Waals surface area contributed by atoms with Gasteiger partial charge in [0.05, 0.1) is 6.54 Å². The van der Waals surface area contributed by atoms with Gasteiger partial charge in [0.2, 0.25) is 0 Å². The fourth-order valence-corrected chi connectivity index (χ4v) is 1.44. The summed E-state index contributed by atoms with van der Waals surface area (Å²) in [5.41, 5.74) is 6.32. The molecule has 0 aliphatic rings. The fraction of sp³-hybridized carbons (Fsp3) is 0.500. The number of hydrogen-bond acceptors (Lipinski definition) is 2. The van der Waals surface area contributed by atoms with Gasteiger partial charge in [0, 0.05) is 24.8 Å². The van der Waals surface area contributed by atoms with Crippen molar-refractivity contribution in [2.45, 2.75) is 33.4 Å². The lowest BCUT2D eigenvalue weighted by atomic mass is 10.3. The first-order valence-corrected chi connectivity index (χ1v) is 5.91. The predicted octanol–water partition coefficient (Wildman–Crippen LogP) is 1.30. The highest BCUT2D eigenvalue weighted by atomic mass is 127. The Morgan fingerprint density at radius 2 is 2.22 bits per heavy atom. The van der Waals surface area contributed by atoms with E-state index in [4.69, 9.17) is 5.73 Å². The van der Waals surface area contributed by atoms with Gasteiger partial charge in [0.15, 0.2) is 5.96 Å². The van der Waals surface area contributed by atoms with E-state index in [9.17, 15) is 4.79 Å². The van der Waals surface area contributed by atoms with Gasteiger partial charge in [-0.25, -0.2) is 4.99 Å². The first kappa shape index (κ1) is 16.9. The Kier molecular flexibility index (Phi) is 8.43. The van der Waals surface area contributed by atoms with Gasteiger partial charge in [-0.1, -0.05) is 13.0 Å². The van der Waals surface area contributed by atoms with Crippen molar-refractivity contribution >= 4 is 29.9 Å². The van der Waals surface area contributed by atoms with Crippen molar-refractivity contribution in [3.8, 4) is 0 Å². The van der Waals surface area contributed by atoms with Crippen LogP contribution in [0.1, 0.15) is 25.8 Å². The van der Waals surface area contributed by atoms with Gasteiger partial charge < -0.3 is 15.6 Å². The monoisotopic (exact) mass is 364 g/mol.